The van der Waals surface area contributed by atoms with E-state index in [1.165, 1.54) is 6.92 Å². The minimum atomic E-state index is -0.126. The average molecular weight is 189 g/mol. The number of carbonyl (C=O) groups is 1. The van der Waals surface area contributed by atoms with Crippen LogP contribution in [0.1, 0.15) is 22.8 Å². The number of fused-ring (bicyclic) bond motifs is 1. The molecule has 3 nitrogen and oxygen atoms in total. The molecule has 0 saturated carbocycles. The number of nitrogens with one attached hydrogen (secondary N) is 1. The molecule has 0 saturated heterocycles. The SMILES string of the molecule is CC(=O)c1c(O)[nH]c2ccc(C)cc12. The molecule has 2 aromatic rings. The van der Waals surface area contributed by atoms with Crippen LogP contribution in [-0.4, -0.2) is 15.9 Å². The van der Waals surface area contributed by atoms with Crippen molar-refractivity contribution in [1.82, 2.24) is 4.98 Å². The second-order valence-corrected chi connectivity index (χ2v) is 3.45. The van der Waals surface area contributed by atoms with Crippen LogP contribution in [0.3, 0.4) is 0 Å². The summed E-state index contributed by atoms with van der Waals surface area (Å²) in [6.45, 7) is 3.40. The first-order valence-corrected chi connectivity index (χ1v) is 4.42. The number of Topliss-reactive ketones (excluding diaryl/α,β-unsaturated/α-hetero) is 1. The Hall–Kier alpha value is -1.77. The Bertz CT molecular complexity index is 511. The number of hydrogen-bond donors (Lipinski definition) is 2. The number of ketones is 1. The molecule has 0 radical (unpaired) electrons. The van der Waals surface area contributed by atoms with E-state index in [0.717, 1.165) is 16.5 Å². The van der Waals surface area contributed by atoms with Crippen molar-refractivity contribution in [2.45, 2.75) is 13.8 Å². The third kappa shape index (κ3) is 1.18. The number of aromatic nitrogens is 1. The molecule has 0 aliphatic heterocycles. The van der Waals surface area contributed by atoms with Crippen LogP contribution in [0.15, 0.2) is 18.2 Å². The van der Waals surface area contributed by atoms with Crippen LogP contribution in [0, 0.1) is 6.92 Å². The molecule has 0 aliphatic rings. The highest BCUT2D eigenvalue weighted by Crippen LogP contribution is 2.27. The highest BCUT2D eigenvalue weighted by molar-refractivity contribution is 6.09. The van der Waals surface area contributed by atoms with E-state index in [9.17, 15) is 9.90 Å². The monoisotopic (exact) mass is 189 g/mol. The van der Waals surface area contributed by atoms with Crippen LogP contribution in [0.5, 0.6) is 5.88 Å². The number of aryl methyl sites for hydroxylation is 1. The van der Waals surface area contributed by atoms with E-state index in [0.29, 0.717) is 5.56 Å². The summed E-state index contributed by atoms with van der Waals surface area (Å²) in [5.74, 6) is -0.169. The highest BCUT2D eigenvalue weighted by Gasteiger charge is 2.14. The van der Waals surface area contributed by atoms with E-state index in [1.54, 1.807) is 0 Å². The fourth-order valence-corrected chi connectivity index (χ4v) is 1.65. The quantitative estimate of drug-likeness (QED) is 0.677. The summed E-state index contributed by atoms with van der Waals surface area (Å²) in [7, 11) is 0. The molecule has 0 bridgehead atoms. The first-order chi connectivity index (χ1) is 6.59. The van der Waals surface area contributed by atoms with E-state index in [-0.39, 0.29) is 11.7 Å². The highest BCUT2D eigenvalue weighted by atomic mass is 16.3. The van der Waals surface area contributed by atoms with Crippen LogP contribution in [0.4, 0.5) is 0 Å². The molecular weight excluding hydrogens is 178 g/mol. The van der Waals surface area contributed by atoms with Crippen molar-refractivity contribution >= 4 is 16.7 Å². The number of H-pyrrole nitrogens is 1. The molecule has 0 spiro atoms. The summed E-state index contributed by atoms with van der Waals surface area (Å²) < 4.78 is 0. The molecule has 0 amide bonds. The van der Waals surface area contributed by atoms with Gasteiger partial charge in [-0.1, -0.05) is 11.6 Å². The minimum Gasteiger partial charge on any atom is -0.494 e. The molecule has 14 heavy (non-hydrogen) atoms. The second kappa shape index (κ2) is 2.87. The molecule has 2 N–H and O–H groups in total. The van der Waals surface area contributed by atoms with Gasteiger partial charge in [0, 0.05) is 10.9 Å². The number of carbonyl (C=O) groups excluding carboxylic acids is 1. The Morgan fingerprint density at radius 1 is 1.43 bits per heavy atom. The number of hydrogen-bond acceptors (Lipinski definition) is 2. The van der Waals surface area contributed by atoms with Gasteiger partial charge in [0.15, 0.2) is 5.78 Å². The van der Waals surface area contributed by atoms with Crippen LogP contribution in [0.25, 0.3) is 10.9 Å². The third-order valence-corrected chi connectivity index (χ3v) is 2.29. The molecule has 0 unspecified atom stereocenters. The molecular formula is C11H11NO2. The van der Waals surface area contributed by atoms with Gasteiger partial charge in [0.2, 0.25) is 5.88 Å². The summed E-state index contributed by atoms with van der Waals surface area (Å²) in [6, 6.07) is 5.68. The predicted octanol–water partition coefficient (Wildman–Crippen LogP) is 2.38. The molecule has 0 fully saturated rings. The smallest absolute Gasteiger partial charge is 0.200 e. The van der Waals surface area contributed by atoms with Crippen molar-refractivity contribution in [1.29, 1.82) is 0 Å². The van der Waals surface area contributed by atoms with Gasteiger partial charge in [0.1, 0.15) is 0 Å². The first kappa shape index (κ1) is 8.81. The molecule has 1 aromatic carbocycles. The first-order valence-electron chi connectivity index (χ1n) is 4.42. The van der Waals surface area contributed by atoms with Crippen molar-refractivity contribution in [3.63, 3.8) is 0 Å². The standard InChI is InChI=1S/C11H11NO2/c1-6-3-4-9-8(5-6)10(7(2)13)11(14)12-9/h3-5,12,14H,1-2H3. The zero-order valence-corrected chi connectivity index (χ0v) is 8.09. The number of aromatic hydroxyl groups is 1. The van der Waals surface area contributed by atoms with Gasteiger partial charge in [-0.2, -0.15) is 0 Å². The van der Waals surface area contributed by atoms with E-state index in [1.807, 2.05) is 25.1 Å². The van der Waals surface area contributed by atoms with Gasteiger partial charge in [-0.25, -0.2) is 0 Å². The van der Waals surface area contributed by atoms with Crippen molar-refractivity contribution in [2.75, 3.05) is 0 Å². The number of rotatable bonds is 1. The lowest BCUT2D eigenvalue weighted by atomic mass is 10.1. The summed E-state index contributed by atoms with van der Waals surface area (Å²) in [5, 5.41) is 10.3. The number of aromatic amines is 1. The Morgan fingerprint density at radius 2 is 2.14 bits per heavy atom. The fourth-order valence-electron chi connectivity index (χ4n) is 1.65. The van der Waals surface area contributed by atoms with E-state index >= 15 is 0 Å². The van der Waals surface area contributed by atoms with Gasteiger partial charge in [-0.3, -0.25) is 4.79 Å². The molecule has 0 atom stereocenters. The lowest BCUT2D eigenvalue weighted by Gasteiger charge is -1.95. The molecule has 1 heterocycles. The molecule has 72 valence electrons. The van der Waals surface area contributed by atoms with Crippen molar-refractivity contribution in [2.24, 2.45) is 0 Å². The Labute approximate surface area is 81.4 Å². The van der Waals surface area contributed by atoms with Gasteiger partial charge in [0.25, 0.3) is 0 Å². The molecule has 3 heteroatoms. The van der Waals surface area contributed by atoms with Crippen LogP contribution >= 0.6 is 0 Å². The Kier molecular flexibility index (Phi) is 1.81. The average Bonchev–Trinajstić information content (AvgIpc) is 2.40. The largest absolute Gasteiger partial charge is 0.494 e. The Balaban J connectivity index is 2.86. The van der Waals surface area contributed by atoms with Crippen molar-refractivity contribution in [3.8, 4) is 5.88 Å². The van der Waals surface area contributed by atoms with Crippen molar-refractivity contribution in [3.05, 3.63) is 29.3 Å². The van der Waals surface area contributed by atoms with Gasteiger partial charge in [-0.05, 0) is 26.0 Å². The predicted molar refractivity (Wildman–Crippen MR) is 54.7 cm³/mol. The molecule has 2 rings (SSSR count). The lowest BCUT2D eigenvalue weighted by Crippen LogP contribution is -1.90. The number of benzene rings is 1. The lowest BCUT2D eigenvalue weighted by molar-refractivity contribution is 0.101. The van der Waals surface area contributed by atoms with Crippen LogP contribution in [0.2, 0.25) is 0 Å². The van der Waals surface area contributed by atoms with Gasteiger partial charge < -0.3 is 10.1 Å². The normalized spacial score (nSPS) is 10.7. The summed E-state index contributed by atoms with van der Waals surface area (Å²) in [5.41, 5.74) is 2.24. The minimum absolute atomic E-state index is 0.0434. The molecule has 1 aromatic heterocycles. The van der Waals surface area contributed by atoms with Crippen LogP contribution in [-0.2, 0) is 0 Å². The zero-order valence-electron chi connectivity index (χ0n) is 8.09. The third-order valence-electron chi connectivity index (χ3n) is 2.29. The van der Waals surface area contributed by atoms with E-state index < -0.39 is 0 Å². The zero-order chi connectivity index (χ0) is 10.3. The van der Waals surface area contributed by atoms with Gasteiger partial charge >= 0.3 is 0 Å². The fraction of sp³-hybridized carbons (Fsp3) is 0.182. The van der Waals surface area contributed by atoms with Crippen molar-refractivity contribution < 1.29 is 9.90 Å². The summed E-state index contributed by atoms with van der Waals surface area (Å²) >= 11 is 0. The summed E-state index contributed by atoms with van der Waals surface area (Å²) in [6.07, 6.45) is 0. The topological polar surface area (TPSA) is 53.1 Å². The van der Waals surface area contributed by atoms with E-state index in [2.05, 4.69) is 4.98 Å². The van der Waals surface area contributed by atoms with Gasteiger partial charge in [0.05, 0.1) is 5.56 Å². The Morgan fingerprint density at radius 3 is 2.79 bits per heavy atom. The second-order valence-electron chi connectivity index (χ2n) is 3.45. The van der Waals surface area contributed by atoms with Crippen LogP contribution < -0.4 is 0 Å². The van der Waals surface area contributed by atoms with E-state index in [4.69, 9.17) is 0 Å². The maximum atomic E-state index is 11.3. The molecule has 0 aliphatic carbocycles. The maximum absolute atomic E-state index is 11.3. The summed E-state index contributed by atoms with van der Waals surface area (Å²) in [4.78, 5) is 14.0. The maximum Gasteiger partial charge on any atom is 0.200 e. The van der Waals surface area contributed by atoms with Gasteiger partial charge in [-0.15, -0.1) is 0 Å².